The molecule has 25 heavy (non-hydrogen) atoms. The zero-order valence-corrected chi connectivity index (χ0v) is 14.6. The molecule has 3 aromatic rings. The maximum Gasteiger partial charge on any atom is 0.256 e. The zero-order valence-electron chi connectivity index (χ0n) is 13.8. The average Bonchev–Trinajstić information content (AvgIpc) is 3.04. The number of sulfonamides is 1. The number of carbonyl (C=O) groups is 1. The molecule has 1 aromatic heterocycles. The summed E-state index contributed by atoms with van der Waals surface area (Å²) in [5.41, 5.74) is 2.28. The van der Waals surface area contributed by atoms with Crippen LogP contribution >= 0.6 is 0 Å². The Balaban J connectivity index is 1.96. The number of anilines is 1. The van der Waals surface area contributed by atoms with Crippen LogP contribution in [0.1, 0.15) is 22.8 Å². The average molecular weight is 358 g/mol. The quantitative estimate of drug-likeness (QED) is 0.651. The summed E-state index contributed by atoms with van der Waals surface area (Å²) in [6.45, 7) is 3.74. The zero-order chi connectivity index (χ0) is 18.0. The van der Waals surface area contributed by atoms with Crippen molar-refractivity contribution in [1.29, 1.82) is 0 Å². The summed E-state index contributed by atoms with van der Waals surface area (Å²) < 4.78 is 26.7. The number of nitrogens with one attached hydrogen (secondary N) is 3. The van der Waals surface area contributed by atoms with E-state index in [1.807, 2.05) is 12.1 Å². The number of hydrogen-bond donors (Lipinski definition) is 3. The first-order chi connectivity index (χ1) is 11.9. The van der Waals surface area contributed by atoms with Gasteiger partial charge in [0.2, 0.25) is 10.0 Å². The minimum Gasteiger partial charge on any atom is -0.320 e. The summed E-state index contributed by atoms with van der Waals surface area (Å²) >= 11 is 0. The lowest BCUT2D eigenvalue weighted by atomic mass is 10.1. The molecule has 0 aliphatic rings. The predicted molar refractivity (Wildman–Crippen MR) is 96.1 cm³/mol. The Morgan fingerprint density at radius 2 is 2.04 bits per heavy atom. The highest BCUT2D eigenvalue weighted by molar-refractivity contribution is 7.89. The fraction of sp³-hybridized carbons (Fsp3) is 0.176. The number of nitrogens with zero attached hydrogens (tertiary/aromatic N) is 1. The number of aromatic amines is 1. The molecule has 0 aliphatic heterocycles. The highest BCUT2D eigenvalue weighted by Gasteiger charge is 2.18. The molecule has 3 N–H and O–H groups in total. The molecule has 0 aliphatic carbocycles. The van der Waals surface area contributed by atoms with Gasteiger partial charge in [0.25, 0.3) is 5.91 Å². The molecule has 0 saturated carbocycles. The van der Waals surface area contributed by atoms with E-state index in [0.29, 0.717) is 22.3 Å². The van der Waals surface area contributed by atoms with Crippen LogP contribution in [0, 0.1) is 6.92 Å². The van der Waals surface area contributed by atoms with Gasteiger partial charge in [-0.05, 0) is 30.7 Å². The number of hydrogen-bond acceptors (Lipinski definition) is 4. The number of amides is 1. The molecule has 0 unspecified atom stereocenters. The molecular weight excluding hydrogens is 340 g/mol. The van der Waals surface area contributed by atoms with Crippen molar-refractivity contribution < 1.29 is 13.2 Å². The number of aromatic nitrogens is 2. The molecule has 0 saturated heterocycles. The molecular formula is C17H18N4O3S. The molecule has 7 nitrogen and oxygen atoms in total. The molecule has 0 radical (unpaired) electrons. The molecule has 8 heteroatoms. The third-order valence-electron chi connectivity index (χ3n) is 3.82. The molecule has 1 heterocycles. The number of para-hydroxylation sites is 1. The van der Waals surface area contributed by atoms with Gasteiger partial charge in [0, 0.05) is 17.5 Å². The van der Waals surface area contributed by atoms with Crippen LogP contribution in [-0.2, 0) is 10.0 Å². The van der Waals surface area contributed by atoms with Crippen LogP contribution in [0.25, 0.3) is 10.9 Å². The van der Waals surface area contributed by atoms with Gasteiger partial charge in [0.1, 0.15) is 0 Å². The molecule has 0 fully saturated rings. The van der Waals surface area contributed by atoms with E-state index in [4.69, 9.17) is 0 Å². The number of aryl methyl sites for hydroxylation is 1. The molecule has 2 aromatic carbocycles. The number of rotatable bonds is 5. The third kappa shape index (κ3) is 3.40. The van der Waals surface area contributed by atoms with Crippen molar-refractivity contribution >= 4 is 32.5 Å². The second kappa shape index (κ2) is 6.66. The van der Waals surface area contributed by atoms with Crippen molar-refractivity contribution in [2.75, 3.05) is 11.9 Å². The first-order valence-electron chi connectivity index (χ1n) is 7.76. The summed E-state index contributed by atoms with van der Waals surface area (Å²) in [7, 11) is -3.63. The van der Waals surface area contributed by atoms with Crippen LogP contribution in [0.2, 0.25) is 0 Å². The van der Waals surface area contributed by atoms with E-state index in [1.54, 1.807) is 32.2 Å². The van der Waals surface area contributed by atoms with E-state index in [9.17, 15) is 13.2 Å². The van der Waals surface area contributed by atoms with E-state index in [2.05, 4.69) is 20.2 Å². The van der Waals surface area contributed by atoms with Gasteiger partial charge in [0.05, 0.1) is 22.3 Å². The SMILES string of the molecule is CCNS(=O)(=O)c1ccc(C)c(C(=O)Nc2cccc3cn[nH]c23)c1. The van der Waals surface area contributed by atoms with Gasteiger partial charge in [-0.25, -0.2) is 13.1 Å². The molecule has 0 spiro atoms. The minimum absolute atomic E-state index is 0.0600. The van der Waals surface area contributed by atoms with Crippen molar-refractivity contribution in [3.8, 4) is 0 Å². The van der Waals surface area contributed by atoms with Gasteiger partial charge in [0.15, 0.2) is 0 Å². The smallest absolute Gasteiger partial charge is 0.256 e. The summed E-state index contributed by atoms with van der Waals surface area (Å²) in [5.74, 6) is -0.381. The Hall–Kier alpha value is -2.71. The lowest BCUT2D eigenvalue weighted by Gasteiger charge is -2.11. The predicted octanol–water partition coefficient (Wildman–Crippen LogP) is 2.42. The fourth-order valence-corrected chi connectivity index (χ4v) is 3.62. The van der Waals surface area contributed by atoms with Crippen molar-refractivity contribution in [3.05, 3.63) is 53.7 Å². The Morgan fingerprint density at radius 3 is 2.80 bits per heavy atom. The van der Waals surface area contributed by atoms with Gasteiger partial charge >= 0.3 is 0 Å². The van der Waals surface area contributed by atoms with Crippen LogP contribution in [0.3, 0.4) is 0 Å². The molecule has 0 atom stereocenters. The Bertz CT molecular complexity index is 1040. The van der Waals surface area contributed by atoms with Crippen molar-refractivity contribution in [1.82, 2.24) is 14.9 Å². The standard InChI is InChI=1S/C17H18N4O3S/c1-3-19-25(23,24)13-8-7-11(2)14(9-13)17(22)20-15-6-4-5-12-10-18-21-16(12)15/h4-10,19H,3H2,1-2H3,(H,18,21)(H,20,22). The van der Waals surface area contributed by atoms with Crippen LogP contribution in [-0.4, -0.2) is 31.1 Å². The highest BCUT2D eigenvalue weighted by Crippen LogP contribution is 2.22. The first kappa shape index (κ1) is 17.1. The second-order valence-electron chi connectivity index (χ2n) is 5.57. The lowest BCUT2D eigenvalue weighted by Crippen LogP contribution is -2.24. The largest absolute Gasteiger partial charge is 0.320 e. The van der Waals surface area contributed by atoms with Crippen LogP contribution in [0.5, 0.6) is 0 Å². The monoisotopic (exact) mass is 358 g/mol. The van der Waals surface area contributed by atoms with E-state index < -0.39 is 10.0 Å². The van der Waals surface area contributed by atoms with Crippen LogP contribution < -0.4 is 10.0 Å². The second-order valence-corrected chi connectivity index (χ2v) is 7.34. The van der Waals surface area contributed by atoms with Crippen LogP contribution in [0.4, 0.5) is 5.69 Å². The number of fused-ring (bicyclic) bond motifs is 1. The number of benzene rings is 2. The van der Waals surface area contributed by atoms with E-state index in [-0.39, 0.29) is 17.3 Å². The van der Waals surface area contributed by atoms with Gasteiger partial charge in [-0.2, -0.15) is 5.10 Å². The summed E-state index contributed by atoms with van der Waals surface area (Å²) in [6.07, 6.45) is 1.67. The number of carbonyl (C=O) groups excluding carboxylic acids is 1. The molecule has 1 amide bonds. The topological polar surface area (TPSA) is 104 Å². The Morgan fingerprint density at radius 1 is 1.24 bits per heavy atom. The molecule has 0 bridgehead atoms. The van der Waals surface area contributed by atoms with Crippen molar-refractivity contribution in [2.24, 2.45) is 0 Å². The summed E-state index contributed by atoms with van der Waals surface area (Å²) in [5, 5.41) is 10.5. The van der Waals surface area contributed by atoms with Gasteiger partial charge in [-0.1, -0.05) is 25.1 Å². The van der Waals surface area contributed by atoms with Gasteiger partial charge in [-0.3, -0.25) is 9.89 Å². The van der Waals surface area contributed by atoms with Gasteiger partial charge < -0.3 is 5.32 Å². The maximum absolute atomic E-state index is 12.7. The van der Waals surface area contributed by atoms with Crippen LogP contribution in [0.15, 0.2) is 47.5 Å². The molecule has 130 valence electrons. The Kier molecular flexibility index (Phi) is 4.56. The number of H-pyrrole nitrogens is 1. The van der Waals surface area contributed by atoms with Gasteiger partial charge in [-0.15, -0.1) is 0 Å². The van der Waals surface area contributed by atoms with E-state index in [0.717, 1.165) is 5.39 Å². The van der Waals surface area contributed by atoms with E-state index >= 15 is 0 Å². The fourth-order valence-electron chi connectivity index (χ4n) is 2.55. The van der Waals surface area contributed by atoms with Crippen molar-refractivity contribution in [3.63, 3.8) is 0 Å². The lowest BCUT2D eigenvalue weighted by molar-refractivity contribution is 0.102. The van der Waals surface area contributed by atoms with E-state index in [1.165, 1.54) is 12.1 Å². The summed E-state index contributed by atoms with van der Waals surface area (Å²) in [6, 6.07) is 9.94. The normalized spacial score (nSPS) is 11.6. The first-order valence-corrected chi connectivity index (χ1v) is 9.24. The molecule has 3 rings (SSSR count). The summed E-state index contributed by atoms with van der Waals surface area (Å²) in [4.78, 5) is 12.7. The van der Waals surface area contributed by atoms with Crippen molar-refractivity contribution in [2.45, 2.75) is 18.7 Å². The third-order valence-corrected chi connectivity index (χ3v) is 5.37. The maximum atomic E-state index is 12.7. The Labute approximate surface area is 145 Å². The minimum atomic E-state index is -3.63. The highest BCUT2D eigenvalue weighted by atomic mass is 32.2.